The van der Waals surface area contributed by atoms with Gasteiger partial charge in [0.2, 0.25) is 5.82 Å². The highest BCUT2D eigenvalue weighted by Crippen LogP contribution is 2.09. The number of para-hydroxylation sites is 1. The molecule has 0 unspecified atom stereocenters. The molecule has 6 heteroatoms. The summed E-state index contributed by atoms with van der Waals surface area (Å²) >= 11 is 0. The first-order chi connectivity index (χ1) is 10.2. The molecule has 0 saturated carbocycles. The van der Waals surface area contributed by atoms with Crippen molar-refractivity contribution in [3.8, 4) is 5.69 Å². The number of hydrogen-bond acceptors (Lipinski definition) is 4. The zero-order valence-electron chi connectivity index (χ0n) is 12.1. The van der Waals surface area contributed by atoms with Crippen LogP contribution in [0.15, 0.2) is 36.7 Å². The summed E-state index contributed by atoms with van der Waals surface area (Å²) in [7, 11) is 2.10. The van der Waals surface area contributed by atoms with E-state index in [1.807, 2.05) is 30.3 Å². The number of amides is 1. The molecule has 2 heterocycles. The van der Waals surface area contributed by atoms with Crippen LogP contribution in [-0.4, -0.2) is 51.8 Å². The van der Waals surface area contributed by atoms with Crippen LogP contribution in [0.5, 0.6) is 0 Å². The predicted octanol–water partition coefficient (Wildman–Crippen LogP) is 1.09. The Balaban J connectivity index is 1.64. The van der Waals surface area contributed by atoms with E-state index in [9.17, 15) is 4.79 Å². The first-order valence-corrected chi connectivity index (χ1v) is 7.19. The van der Waals surface area contributed by atoms with Gasteiger partial charge in [-0.2, -0.15) is 0 Å². The molecular formula is C15H19N5O. The van der Waals surface area contributed by atoms with Crippen molar-refractivity contribution in [1.29, 1.82) is 0 Å². The van der Waals surface area contributed by atoms with Gasteiger partial charge < -0.3 is 10.2 Å². The van der Waals surface area contributed by atoms with Crippen LogP contribution in [0.4, 0.5) is 0 Å². The van der Waals surface area contributed by atoms with E-state index in [1.54, 1.807) is 11.0 Å². The smallest absolute Gasteiger partial charge is 0.291 e. The normalized spacial score (nSPS) is 16.8. The summed E-state index contributed by atoms with van der Waals surface area (Å²) in [5, 5.41) is 7.26. The standard InChI is InChI=1S/C15H19N5O/c1-19-9-7-12(8-10-19)17-15(21)14-16-11-20(18-14)13-5-3-2-4-6-13/h2-6,11-12H,7-10H2,1H3,(H,17,21). The minimum Gasteiger partial charge on any atom is -0.346 e. The number of nitrogens with zero attached hydrogens (tertiary/aromatic N) is 4. The van der Waals surface area contributed by atoms with Gasteiger partial charge in [0.15, 0.2) is 0 Å². The third kappa shape index (κ3) is 3.28. The van der Waals surface area contributed by atoms with Crippen LogP contribution in [0, 0.1) is 0 Å². The highest BCUT2D eigenvalue weighted by molar-refractivity contribution is 5.90. The van der Waals surface area contributed by atoms with Crippen LogP contribution in [-0.2, 0) is 0 Å². The van der Waals surface area contributed by atoms with Crippen molar-refractivity contribution in [2.45, 2.75) is 18.9 Å². The van der Waals surface area contributed by atoms with Crippen molar-refractivity contribution in [2.75, 3.05) is 20.1 Å². The molecule has 0 aliphatic carbocycles. The van der Waals surface area contributed by atoms with Crippen molar-refractivity contribution in [2.24, 2.45) is 0 Å². The van der Waals surface area contributed by atoms with Gasteiger partial charge in [-0.15, -0.1) is 5.10 Å². The molecule has 1 aromatic carbocycles. The number of nitrogens with one attached hydrogen (secondary N) is 1. The Morgan fingerprint density at radius 2 is 1.95 bits per heavy atom. The highest BCUT2D eigenvalue weighted by atomic mass is 16.2. The Morgan fingerprint density at radius 3 is 2.67 bits per heavy atom. The summed E-state index contributed by atoms with van der Waals surface area (Å²) in [6.07, 6.45) is 3.52. The minimum absolute atomic E-state index is 0.195. The van der Waals surface area contributed by atoms with E-state index < -0.39 is 0 Å². The molecule has 1 aromatic heterocycles. The second kappa shape index (κ2) is 6.05. The van der Waals surface area contributed by atoms with Gasteiger partial charge in [-0.05, 0) is 45.1 Å². The highest BCUT2D eigenvalue weighted by Gasteiger charge is 2.21. The zero-order chi connectivity index (χ0) is 14.7. The number of likely N-dealkylation sites (tertiary alicyclic amines) is 1. The van der Waals surface area contributed by atoms with Gasteiger partial charge in [0, 0.05) is 6.04 Å². The lowest BCUT2D eigenvalue weighted by Crippen LogP contribution is -2.43. The van der Waals surface area contributed by atoms with E-state index >= 15 is 0 Å². The second-order valence-corrected chi connectivity index (χ2v) is 5.40. The zero-order valence-corrected chi connectivity index (χ0v) is 12.1. The molecule has 1 aliphatic rings. The van der Waals surface area contributed by atoms with E-state index in [0.29, 0.717) is 0 Å². The molecule has 110 valence electrons. The molecule has 1 saturated heterocycles. The maximum atomic E-state index is 12.2. The Hall–Kier alpha value is -2.21. The molecule has 6 nitrogen and oxygen atoms in total. The van der Waals surface area contributed by atoms with E-state index in [4.69, 9.17) is 0 Å². The number of piperidine rings is 1. The molecule has 0 spiro atoms. The lowest BCUT2D eigenvalue weighted by atomic mass is 10.1. The van der Waals surface area contributed by atoms with Gasteiger partial charge in [0.05, 0.1) is 5.69 Å². The summed E-state index contributed by atoms with van der Waals surface area (Å²) in [5.74, 6) is 0.0250. The predicted molar refractivity (Wildman–Crippen MR) is 79.3 cm³/mol. The Kier molecular flexibility index (Phi) is 3.96. The molecule has 0 atom stereocenters. The summed E-state index contributed by atoms with van der Waals surface area (Å²) < 4.78 is 1.61. The summed E-state index contributed by atoms with van der Waals surface area (Å²) in [6, 6.07) is 9.86. The van der Waals surface area contributed by atoms with E-state index in [1.165, 1.54) is 0 Å². The van der Waals surface area contributed by atoms with Crippen LogP contribution in [0.1, 0.15) is 23.5 Å². The van der Waals surface area contributed by atoms with Gasteiger partial charge in [-0.1, -0.05) is 18.2 Å². The van der Waals surface area contributed by atoms with Gasteiger partial charge >= 0.3 is 0 Å². The largest absolute Gasteiger partial charge is 0.346 e. The van der Waals surface area contributed by atoms with Gasteiger partial charge in [-0.25, -0.2) is 9.67 Å². The monoisotopic (exact) mass is 285 g/mol. The molecule has 21 heavy (non-hydrogen) atoms. The van der Waals surface area contributed by atoms with Gasteiger partial charge in [0.1, 0.15) is 6.33 Å². The van der Waals surface area contributed by atoms with Crippen molar-refractivity contribution in [3.05, 3.63) is 42.5 Å². The molecule has 3 rings (SSSR count). The maximum absolute atomic E-state index is 12.2. The Morgan fingerprint density at radius 1 is 1.24 bits per heavy atom. The van der Waals surface area contributed by atoms with E-state index in [-0.39, 0.29) is 17.8 Å². The third-order valence-electron chi connectivity index (χ3n) is 3.77. The van der Waals surface area contributed by atoms with Crippen molar-refractivity contribution >= 4 is 5.91 Å². The van der Waals surface area contributed by atoms with Gasteiger partial charge in [-0.3, -0.25) is 4.79 Å². The molecule has 0 radical (unpaired) electrons. The molecule has 0 bridgehead atoms. The lowest BCUT2D eigenvalue weighted by Gasteiger charge is -2.29. The molecule has 1 aliphatic heterocycles. The van der Waals surface area contributed by atoms with Crippen LogP contribution in [0.25, 0.3) is 5.69 Å². The molecular weight excluding hydrogens is 266 g/mol. The van der Waals surface area contributed by atoms with Crippen LogP contribution in [0.2, 0.25) is 0 Å². The average Bonchev–Trinajstić information content (AvgIpc) is 3.00. The summed E-state index contributed by atoms with van der Waals surface area (Å²) in [6.45, 7) is 2.02. The van der Waals surface area contributed by atoms with Crippen molar-refractivity contribution in [1.82, 2.24) is 25.0 Å². The fourth-order valence-electron chi connectivity index (χ4n) is 2.48. The summed E-state index contributed by atoms with van der Waals surface area (Å²) in [4.78, 5) is 18.5. The van der Waals surface area contributed by atoms with E-state index in [0.717, 1.165) is 31.6 Å². The number of carbonyl (C=O) groups is 1. The average molecular weight is 285 g/mol. The summed E-state index contributed by atoms with van der Waals surface area (Å²) in [5.41, 5.74) is 0.892. The number of benzene rings is 1. The fourth-order valence-corrected chi connectivity index (χ4v) is 2.48. The third-order valence-corrected chi connectivity index (χ3v) is 3.77. The Labute approximate surface area is 123 Å². The first kappa shape index (κ1) is 13.8. The SMILES string of the molecule is CN1CCC(NC(=O)c2ncn(-c3ccccc3)n2)CC1. The Bertz CT molecular complexity index is 602. The van der Waals surface area contributed by atoms with Crippen LogP contribution < -0.4 is 5.32 Å². The van der Waals surface area contributed by atoms with E-state index in [2.05, 4.69) is 27.3 Å². The molecule has 1 fully saturated rings. The minimum atomic E-state index is -0.195. The van der Waals surface area contributed by atoms with Crippen LogP contribution >= 0.6 is 0 Å². The van der Waals surface area contributed by atoms with Crippen LogP contribution in [0.3, 0.4) is 0 Å². The second-order valence-electron chi connectivity index (χ2n) is 5.40. The fraction of sp³-hybridized carbons (Fsp3) is 0.400. The number of carbonyl (C=O) groups excluding carboxylic acids is 1. The quantitative estimate of drug-likeness (QED) is 0.917. The first-order valence-electron chi connectivity index (χ1n) is 7.19. The molecule has 1 amide bonds. The topological polar surface area (TPSA) is 63.1 Å². The van der Waals surface area contributed by atoms with Crippen molar-refractivity contribution < 1.29 is 4.79 Å². The van der Waals surface area contributed by atoms with Crippen molar-refractivity contribution in [3.63, 3.8) is 0 Å². The lowest BCUT2D eigenvalue weighted by molar-refractivity contribution is 0.0906. The van der Waals surface area contributed by atoms with Gasteiger partial charge in [0.25, 0.3) is 5.91 Å². The number of hydrogen-bond donors (Lipinski definition) is 1. The molecule has 2 aromatic rings. The number of rotatable bonds is 3. The maximum Gasteiger partial charge on any atom is 0.291 e. The molecule has 1 N–H and O–H groups in total. The number of aromatic nitrogens is 3.